The largest absolute Gasteiger partial charge is 0.872 e. The van der Waals surface area contributed by atoms with Crippen molar-refractivity contribution in [3.05, 3.63) is 52.8 Å². The number of allylic oxidation sites excluding steroid dienone is 1. The molecule has 1 aliphatic heterocycles. The maximum atomic E-state index is 12.8. The van der Waals surface area contributed by atoms with E-state index >= 15 is 0 Å². The Kier molecular flexibility index (Phi) is 5.90. The van der Waals surface area contributed by atoms with Gasteiger partial charge in [-0.15, -0.1) is 0 Å². The Morgan fingerprint density at radius 3 is 2.43 bits per heavy atom. The Morgan fingerprint density at radius 2 is 1.79 bits per heavy atom. The number of fused-ring (bicyclic) bond motifs is 1. The molecule has 1 N–H and O–H groups in total. The van der Waals surface area contributed by atoms with E-state index in [1.165, 1.54) is 11.0 Å². The quantitative estimate of drug-likeness (QED) is 0.739. The summed E-state index contributed by atoms with van der Waals surface area (Å²) >= 11 is 0. The Morgan fingerprint density at radius 1 is 1.07 bits per heavy atom. The van der Waals surface area contributed by atoms with E-state index in [1.54, 1.807) is 38.5 Å². The second kappa shape index (κ2) is 8.35. The van der Waals surface area contributed by atoms with Crippen LogP contribution in [0, 0.1) is 0 Å². The van der Waals surface area contributed by atoms with Crippen molar-refractivity contribution in [3.63, 3.8) is 0 Å². The summed E-state index contributed by atoms with van der Waals surface area (Å²) in [5, 5.41) is 12.4. The summed E-state index contributed by atoms with van der Waals surface area (Å²) in [5.74, 6) is 1.44. The fraction of sp³-hybridized carbons (Fsp3) is 0.318. The van der Waals surface area contributed by atoms with E-state index in [0.717, 1.165) is 18.7 Å². The van der Waals surface area contributed by atoms with Crippen LogP contribution in [0.4, 0.5) is 0 Å². The lowest BCUT2D eigenvalue weighted by atomic mass is 10.0. The van der Waals surface area contributed by atoms with Crippen LogP contribution in [0.5, 0.6) is 23.0 Å². The van der Waals surface area contributed by atoms with Crippen molar-refractivity contribution in [1.82, 2.24) is 0 Å². The van der Waals surface area contributed by atoms with Gasteiger partial charge in [-0.3, -0.25) is 4.79 Å². The van der Waals surface area contributed by atoms with Gasteiger partial charge in [-0.05, 0) is 43.7 Å². The van der Waals surface area contributed by atoms with Crippen molar-refractivity contribution >= 4 is 11.9 Å². The van der Waals surface area contributed by atoms with Gasteiger partial charge in [0.05, 0.1) is 32.9 Å². The highest BCUT2D eigenvalue weighted by atomic mass is 16.5. The fourth-order valence-corrected chi connectivity index (χ4v) is 3.30. The molecule has 0 saturated carbocycles. The van der Waals surface area contributed by atoms with Crippen molar-refractivity contribution in [2.45, 2.75) is 20.4 Å². The topological polar surface area (TPSA) is 72.3 Å². The number of rotatable bonds is 7. The molecule has 0 aliphatic carbocycles. The molecular weight excluding hydrogens is 358 g/mol. The zero-order chi connectivity index (χ0) is 20.3. The van der Waals surface area contributed by atoms with Crippen LogP contribution in [0.3, 0.4) is 0 Å². The molecule has 2 aromatic rings. The second-order valence-electron chi connectivity index (χ2n) is 6.61. The predicted octanol–water partition coefficient (Wildman–Crippen LogP) is 1.82. The average molecular weight is 383 g/mol. The van der Waals surface area contributed by atoms with Crippen LogP contribution < -0.4 is 24.2 Å². The summed E-state index contributed by atoms with van der Waals surface area (Å²) in [6.07, 6.45) is 1.66. The Bertz CT molecular complexity index is 915. The van der Waals surface area contributed by atoms with Crippen molar-refractivity contribution in [2.24, 2.45) is 0 Å². The summed E-state index contributed by atoms with van der Waals surface area (Å²) in [7, 11) is 3.12. The molecule has 0 amide bonds. The number of hydrogen-bond donors (Lipinski definition) is 1. The highest BCUT2D eigenvalue weighted by Crippen LogP contribution is 2.38. The lowest BCUT2D eigenvalue weighted by Crippen LogP contribution is -3.10. The summed E-state index contributed by atoms with van der Waals surface area (Å²) in [6, 6.07) is 8.36. The molecule has 0 aromatic heterocycles. The normalized spacial score (nSPS) is 14.3. The zero-order valence-electron chi connectivity index (χ0n) is 16.6. The van der Waals surface area contributed by atoms with E-state index in [9.17, 15) is 9.90 Å². The number of ether oxygens (including phenoxy) is 3. The van der Waals surface area contributed by atoms with Crippen LogP contribution in [0.25, 0.3) is 6.08 Å². The molecule has 0 fully saturated rings. The molecule has 0 saturated heterocycles. The number of carbonyl (C=O) groups excluding carboxylic acids is 1. The molecule has 0 spiro atoms. The highest BCUT2D eigenvalue weighted by molar-refractivity contribution is 6.15. The average Bonchev–Trinajstić information content (AvgIpc) is 3.03. The van der Waals surface area contributed by atoms with Crippen LogP contribution in [0.2, 0.25) is 0 Å². The number of methoxy groups -OCH3 is 2. The van der Waals surface area contributed by atoms with Crippen LogP contribution in [0.15, 0.2) is 36.1 Å². The standard InChI is InChI=1S/C22H25NO5/c1-5-23(6-2)13-16-17(24)9-8-15-21(25)20(28-22(15)16)12-14-7-10-18(26-3)19(11-14)27-4/h7-12,24H,5-6,13H2,1-4H3. The third kappa shape index (κ3) is 3.68. The molecule has 6 nitrogen and oxygen atoms in total. The van der Waals surface area contributed by atoms with Crippen LogP contribution in [0.1, 0.15) is 35.3 Å². The Hall–Kier alpha value is -2.99. The first-order valence-electron chi connectivity index (χ1n) is 9.35. The van der Waals surface area contributed by atoms with E-state index in [4.69, 9.17) is 14.2 Å². The molecule has 1 aliphatic rings. The van der Waals surface area contributed by atoms with Gasteiger partial charge in [-0.1, -0.05) is 17.9 Å². The highest BCUT2D eigenvalue weighted by Gasteiger charge is 2.30. The minimum atomic E-state index is -0.222. The smallest absolute Gasteiger partial charge is 0.231 e. The van der Waals surface area contributed by atoms with Gasteiger partial charge in [-0.2, -0.15) is 0 Å². The zero-order valence-corrected chi connectivity index (χ0v) is 16.6. The number of Topliss-reactive ketones (excluding diaryl/α,β-unsaturated/α-hetero) is 1. The van der Waals surface area contributed by atoms with E-state index in [1.807, 2.05) is 6.07 Å². The van der Waals surface area contributed by atoms with E-state index < -0.39 is 0 Å². The van der Waals surface area contributed by atoms with Gasteiger partial charge in [0.2, 0.25) is 5.78 Å². The van der Waals surface area contributed by atoms with E-state index in [-0.39, 0.29) is 17.3 Å². The van der Waals surface area contributed by atoms with Gasteiger partial charge in [0.25, 0.3) is 0 Å². The van der Waals surface area contributed by atoms with Crippen LogP contribution >= 0.6 is 0 Å². The first-order valence-corrected chi connectivity index (χ1v) is 9.35. The number of quaternary nitrogens is 1. The molecule has 2 aromatic carbocycles. The number of ketones is 1. The molecule has 0 radical (unpaired) electrons. The van der Waals surface area contributed by atoms with Gasteiger partial charge < -0.3 is 24.2 Å². The van der Waals surface area contributed by atoms with Gasteiger partial charge >= 0.3 is 0 Å². The molecule has 0 atom stereocenters. The molecule has 148 valence electrons. The van der Waals surface area contributed by atoms with Gasteiger partial charge in [0.1, 0.15) is 12.3 Å². The summed E-state index contributed by atoms with van der Waals surface area (Å²) < 4.78 is 16.4. The number of benzene rings is 2. The van der Waals surface area contributed by atoms with Crippen molar-refractivity contribution in [3.8, 4) is 23.0 Å². The predicted molar refractivity (Wildman–Crippen MR) is 104 cm³/mol. The molecule has 6 heteroatoms. The molecule has 0 unspecified atom stereocenters. The summed E-state index contributed by atoms with van der Waals surface area (Å²) in [5.41, 5.74) is 1.74. The summed E-state index contributed by atoms with van der Waals surface area (Å²) in [4.78, 5) is 14.1. The van der Waals surface area contributed by atoms with Crippen molar-refractivity contribution in [1.29, 1.82) is 0 Å². The van der Waals surface area contributed by atoms with Gasteiger partial charge in [-0.25, -0.2) is 0 Å². The number of carbonyl (C=O) groups is 1. The second-order valence-corrected chi connectivity index (χ2v) is 6.61. The van der Waals surface area contributed by atoms with Gasteiger partial charge in [0.15, 0.2) is 17.3 Å². The molecule has 0 bridgehead atoms. The monoisotopic (exact) mass is 383 g/mol. The third-order valence-corrected chi connectivity index (χ3v) is 5.03. The lowest BCUT2D eigenvalue weighted by molar-refractivity contribution is -0.910. The van der Waals surface area contributed by atoms with Crippen molar-refractivity contribution in [2.75, 3.05) is 27.3 Å². The SMILES string of the molecule is CC[NH+](CC)Cc1c([O-])ccc2c1OC(=Cc1ccc(OC)c(OC)c1)C2=O. The number of hydrogen-bond acceptors (Lipinski definition) is 5. The minimum Gasteiger partial charge on any atom is -0.872 e. The van der Waals surface area contributed by atoms with E-state index in [2.05, 4.69) is 13.8 Å². The Labute approximate surface area is 164 Å². The minimum absolute atomic E-state index is 0.0988. The van der Waals surface area contributed by atoms with Crippen LogP contribution in [-0.2, 0) is 6.54 Å². The van der Waals surface area contributed by atoms with Crippen molar-refractivity contribution < 1.29 is 29.0 Å². The number of nitrogens with one attached hydrogen (secondary N) is 1. The maximum Gasteiger partial charge on any atom is 0.231 e. The lowest BCUT2D eigenvalue weighted by Gasteiger charge is -2.21. The Balaban J connectivity index is 1.96. The van der Waals surface area contributed by atoms with Gasteiger partial charge in [0, 0.05) is 5.56 Å². The van der Waals surface area contributed by atoms with E-state index in [0.29, 0.717) is 34.9 Å². The maximum absolute atomic E-state index is 12.8. The molecular formula is C22H25NO5. The molecule has 3 rings (SSSR count). The summed E-state index contributed by atoms with van der Waals surface area (Å²) in [6.45, 7) is 6.46. The fourth-order valence-electron chi connectivity index (χ4n) is 3.30. The van der Waals surface area contributed by atoms with Crippen LogP contribution in [-0.4, -0.2) is 33.1 Å². The first kappa shape index (κ1) is 19.8. The molecule has 28 heavy (non-hydrogen) atoms. The first-order chi connectivity index (χ1) is 13.5. The molecule has 1 heterocycles. The third-order valence-electron chi connectivity index (χ3n) is 5.03.